The van der Waals surface area contributed by atoms with Crippen LogP contribution in [0.3, 0.4) is 0 Å². The predicted octanol–water partition coefficient (Wildman–Crippen LogP) is 5.74. The van der Waals surface area contributed by atoms with Crippen molar-refractivity contribution in [1.82, 2.24) is 26.3 Å². The Hall–Kier alpha value is -7.77. The molecule has 0 saturated heterocycles. The number of rotatable bonds is 31. The van der Waals surface area contributed by atoms with Crippen LogP contribution in [0.2, 0.25) is 0 Å². The minimum Gasteiger partial charge on any atom is -0.491 e. The number of hydrogen-bond donors (Lipinski definition) is 5. The third-order valence-corrected chi connectivity index (χ3v) is 12.0. The summed E-state index contributed by atoms with van der Waals surface area (Å²) in [4.78, 5) is 110. The third kappa shape index (κ3) is 20.3. The lowest BCUT2D eigenvalue weighted by molar-refractivity contribution is -0.552. The van der Waals surface area contributed by atoms with Gasteiger partial charge in [0.2, 0.25) is 23.6 Å². The highest BCUT2D eigenvalue weighted by molar-refractivity contribution is 5.97. The molecule has 2 heterocycles. The Morgan fingerprint density at radius 3 is 1.72 bits per heavy atom. The number of anilines is 1. The van der Waals surface area contributed by atoms with Crippen LogP contribution in [0.5, 0.6) is 5.75 Å². The summed E-state index contributed by atoms with van der Waals surface area (Å²) >= 11 is 0. The van der Waals surface area contributed by atoms with Crippen LogP contribution in [-0.2, 0) is 60.6 Å². The first-order valence-electron chi connectivity index (χ1n) is 26.6. The zero-order valence-electron chi connectivity index (χ0n) is 45.7. The molecule has 19 nitrogen and oxygen atoms in total. The molecule has 4 atom stereocenters. The van der Waals surface area contributed by atoms with Crippen LogP contribution in [-0.4, -0.2) is 110 Å². The van der Waals surface area contributed by atoms with Gasteiger partial charge in [-0.3, -0.25) is 38.9 Å². The van der Waals surface area contributed by atoms with Crippen molar-refractivity contribution in [3.05, 3.63) is 108 Å². The minimum absolute atomic E-state index is 0.00722. The van der Waals surface area contributed by atoms with Gasteiger partial charge in [-0.1, -0.05) is 121 Å². The van der Waals surface area contributed by atoms with E-state index in [0.717, 1.165) is 23.7 Å². The van der Waals surface area contributed by atoms with E-state index in [2.05, 4.69) is 26.6 Å². The molecule has 0 bridgehead atoms. The van der Waals surface area contributed by atoms with Crippen LogP contribution in [0.1, 0.15) is 115 Å². The number of hydrogen-bond acceptors (Lipinski definition) is 14. The summed E-state index contributed by atoms with van der Waals surface area (Å²) in [7, 11) is 0. The molecule has 0 spiro atoms. The fourth-order valence-corrected chi connectivity index (χ4v) is 8.07. The van der Waals surface area contributed by atoms with Crippen LogP contribution >= 0.6 is 0 Å². The third-order valence-electron chi connectivity index (χ3n) is 12.0. The number of fused-ring (bicyclic) bond motifs is 1. The summed E-state index contributed by atoms with van der Waals surface area (Å²) in [5.41, 5.74) is 3.91. The highest BCUT2D eigenvalue weighted by Crippen LogP contribution is 2.26. The van der Waals surface area contributed by atoms with Crippen LogP contribution in [0.15, 0.2) is 85.1 Å². The van der Waals surface area contributed by atoms with Crippen molar-refractivity contribution >= 4 is 53.3 Å². The van der Waals surface area contributed by atoms with Crippen LogP contribution in [0.4, 0.5) is 10.2 Å². The molecule has 0 fully saturated rings. The lowest BCUT2D eigenvalue weighted by Gasteiger charge is -2.25. The molecule has 5 rings (SSSR count). The molecule has 4 aromatic rings. The average molecular weight is 1080 g/mol. The maximum Gasteiger partial charge on any atom is 0.359 e. The number of aromatic nitrogens is 2. The van der Waals surface area contributed by atoms with Gasteiger partial charge in [0.15, 0.2) is 17.6 Å². The number of halogens is 1. The Labute approximate surface area is 455 Å². The largest absolute Gasteiger partial charge is 0.491 e. The van der Waals surface area contributed by atoms with Gasteiger partial charge in [-0.2, -0.15) is 4.57 Å². The molecular formula is C58H75FN7O12+. The second kappa shape index (κ2) is 30.8. The van der Waals surface area contributed by atoms with Crippen molar-refractivity contribution in [2.45, 2.75) is 130 Å². The highest BCUT2D eigenvalue weighted by Gasteiger charge is 2.41. The minimum atomic E-state index is -1.67. The number of nitrogens with one attached hydrogen (secondary N) is 5. The van der Waals surface area contributed by atoms with Gasteiger partial charge in [-0.15, -0.1) is 0 Å². The average Bonchev–Trinajstić information content (AvgIpc) is 3.75. The summed E-state index contributed by atoms with van der Waals surface area (Å²) in [6.07, 6.45) is 2.95. The second-order valence-electron chi connectivity index (χ2n) is 20.6. The van der Waals surface area contributed by atoms with E-state index < -0.39 is 90.8 Å². The van der Waals surface area contributed by atoms with E-state index in [1.807, 2.05) is 88.4 Å². The molecular weight excluding hydrogens is 1010 g/mol. The number of unbranched alkanes of at least 4 members (excludes halogenated alkanes) is 3. The number of ether oxygens (including phenoxy) is 4. The Morgan fingerprint density at radius 2 is 1.18 bits per heavy atom. The van der Waals surface area contributed by atoms with E-state index in [1.165, 1.54) is 6.07 Å². The lowest BCUT2D eigenvalue weighted by atomic mass is 10.1. The topological polar surface area (TPSA) is 250 Å². The summed E-state index contributed by atoms with van der Waals surface area (Å²) in [5, 5.41) is 13.3. The monoisotopic (exact) mass is 1080 g/mol. The van der Waals surface area contributed by atoms with E-state index >= 15 is 4.39 Å². The van der Waals surface area contributed by atoms with E-state index in [4.69, 9.17) is 23.9 Å². The van der Waals surface area contributed by atoms with Gasteiger partial charge < -0.3 is 40.2 Å². The van der Waals surface area contributed by atoms with Crippen molar-refractivity contribution in [3.8, 4) is 17.0 Å². The lowest BCUT2D eigenvalue weighted by Crippen LogP contribution is -2.57. The SMILES string of the molecule is CC(=O)N[C@@H](CC(=O)OCC(C)C)C(=O)N[C@@H](CC(=O)OCC(C)C)C(=O)N[C@@H](CC(=O)OCC(C)C)C(=O)NCCCCCCOc1ccc(CC2Nc3c(Cc4ccccc4)nc(-c4ccccc4)c[n+]3C2=O)cc1F. The fourth-order valence-electron chi connectivity index (χ4n) is 8.07. The van der Waals surface area contributed by atoms with Crippen molar-refractivity contribution < 1.29 is 66.3 Å². The van der Waals surface area contributed by atoms with E-state index in [1.54, 1.807) is 36.7 Å². The molecule has 0 saturated carbocycles. The Bertz CT molecular complexity index is 2690. The predicted molar refractivity (Wildman–Crippen MR) is 287 cm³/mol. The number of benzene rings is 3. The molecule has 5 N–H and O–H groups in total. The van der Waals surface area contributed by atoms with Crippen molar-refractivity contribution in [2.24, 2.45) is 17.8 Å². The van der Waals surface area contributed by atoms with Crippen LogP contribution in [0.25, 0.3) is 11.3 Å². The molecule has 20 heteroatoms. The van der Waals surface area contributed by atoms with Gasteiger partial charge in [0.05, 0.1) is 45.7 Å². The van der Waals surface area contributed by atoms with Crippen LogP contribution < -0.4 is 35.9 Å². The van der Waals surface area contributed by atoms with E-state index in [9.17, 15) is 38.4 Å². The van der Waals surface area contributed by atoms with E-state index in [-0.39, 0.29) is 68.8 Å². The van der Waals surface area contributed by atoms with Gasteiger partial charge in [0, 0.05) is 31.9 Å². The first kappa shape index (κ1) is 61.1. The molecule has 1 aromatic heterocycles. The summed E-state index contributed by atoms with van der Waals surface area (Å²) < 4.78 is 38.6. The zero-order chi connectivity index (χ0) is 56.7. The van der Waals surface area contributed by atoms with Crippen molar-refractivity contribution in [2.75, 3.05) is 38.3 Å². The Kier molecular flexibility index (Phi) is 24.2. The summed E-state index contributed by atoms with van der Waals surface area (Å²) in [6.45, 7) is 12.5. The maximum atomic E-state index is 15.4. The maximum absolute atomic E-state index is 15.4. The molecule has 0 aliphatic carbocycles. The number of nitrogens with zero attached hydrogens (tertiary/aromatic N) is 2. The Morgan fingerprint density at radius 1 is 0.654 bits per heavy atom. The molecule has 1 unspecified atom stereocenters. The highest BCUT2D eigenvalue weighted by atomic mass is 19.1. The quantitative estimate of drug-likeness (QED) is 0.0175. The number of amides is 4. The molecule has 78 heavy (non-hydrogen) atoms. The van der Waals surface area contributed by atoms with Gasteiger partial charge in [0.25, 0.3) is 0 Å². The van der Waals surface area contributed by atoms with Crippen molar-refractivity contribution in [3.63, 3.8) is 0 Å². The Balaban J connectivity index is 1.13. The molecule has 4 amide bonds. The molecule has 3 aromatic carbocycles. The second-order valence-corrected chi connectivity index (χ2v) is 20.6. The van der Waals surface area contributed by atoms with Gasteiger partial charge >= 0.3 is 29.6 Å². The first-order chi connectivity index (χ1) is 37.3. The van der Waals surface area contributed by atoms with Crippen LogP contribution in [0, 0.1) is 23.6 Å². The first-order valence-corrected chi connectivity index (χ1v) is 26.6. The van der Waals surface area contributed by atoms with Gasteiger partial charge in [0.1, 0.15) is 35.7 Å². The summed E-state index contributed by atoms with van der Waals surface area (Å²) in [6, 6.07) is 18.9. The van der Waals surface area contributed by atoms with Gasteiger partial charge in [-0.25, -0.2) is 14.2 Å². The molecule has 0 radical (unpaired) electrons. The fraction of sp³-hybridized carbons (Fsp3) is 0.483. The number of carbonyl (C=O) groups is 8. The molecule has 1 aliphatic rings. The standard InChI is InChI=1S/C58H74FN7O12/c1-36(2)33-76-51(68)29-45(64-57(73)47(31-53(70)78-35-38(5)6)65-56(72)46(61-39(7)67)30-52(69)77-34-37(3)4)55(71)60-24-16-8-9-17-25-75-50-23-22-41(26-43(50)59)28-48-58(74)66-32-49(42-20-14-11-15-21-42)62-44(54(66)63-48)27-40-18-12-10-13-19-40/h10-15,18-23,26,32,36-38,45-48H,8-9,16-17,24-25,27-31,33-35H2,1-7H3,(H4,60,61,64,65,67,71,72,73)/p+1/t45-,46-,47-,48?/m0/s1. The normalized spacial score (nSPS) is 13.9. The number of esters is 3. The van der Waals surface area contributed by atoms with E-state index in [0.29, 0.717) is 49.2 Å². The molecule has 1 aliphatic heterocycles. The van der Waals surface area contributed by atoms with Gasteiger partial charge in [-0.05, 0) is 53.9 Å². The molecule has 420 valence electrons. The zero-order valence-corrected chi connectivity index (χ0v) is 45.7. The van der Waals surface area contributed by atoms with Crippen molar-refractivity contribution in [1.29, 1.82) is 0 Å². The smallest absolute Gasteiger partial charge is 0.359 e. The number of carbonyl (C=O) groups excluding carboxylic acids is 8. The summed E-state index contributed by atoms with van der Waals surface area (Å²) in [5.74, 6) is -5.99.